The number of hydrogen-bond donors (Lipinski definition) is 0. The van der Waals surface area contributed by atoms with Crippen LogP contribution in [0.4, 0.5) is 5.69 Å². The molecule has 0 amide bonds. The number of piperazine rings is 1. The molecular formula is C16H16ClN3S2. The van der Waals surface area contributed by atoms with Crippen molar-refractivity contribution >= 4 is 46.2 Å². The smallest absolute Gasteiger partial charge is 0.147 e. The van der Waals surface area contributed by atoms with Gasteiger partial charge in [-0.25, -0.2) is 4.99 Å². The van der Waals surface area contributed by atoms with Gasteiger partial charge in [-0.2, -0.15) is 0 Å². The van der Waals surface area contributed by atoms with Gasteiger partial charge in [0.25, 0.3) is 0 Å². The van der Waals surface area contributed by atoms with Crippen LogP contribution in [0.1, 0.15) is 4.88 Å². The molecule has 3 heterocycles. The Balaban J connectivity index is 1.79. The van der Waals surface area contributed by atoms with Crippen molar-refractivity contribution in [3.8, 4) is 0 Å². The maximum atomic E-state index is 6.16. The van der Waals surface area contributed by atoms with Crippen LogP contribution in [0.25, 0.3) is 0 Å². The molecule has 22 heavy (non-hydrogen) atoms. The molecule has 6 heteroatoms. The normalized spacial score (nSPS) is 18.5. The van der Waals surface area contributed by atoms with Gasteiger partial charge in [0.15, 0.2) is 0 Å². The third-order valence-corrected chi connectivity index (χ3v) is 6.38. The predicted molar refractivity (Wildman–Crippen MR) is 95.2 cm³/mol. The summed E-state index contributed by atoms with van der Waals surface area (Å²) in [5.74, 6) is 1.12. The largest absolute Gasteiger partial charge is 0.353 e. The fourth-order valence-electron chi connectivity index (χ4n) is 2.72. The van der Waals surface area contributed by atoms with Crippen LogP contribution in [0.3, 0.4) is 0 Å². The van der Waals surface area contributed by atoms with Crippen LogP contribution < -0.4 is 0 Å². The fraction of sp³-hybridized carbons (Fsp3) is 0.312. The summed E-state index contributed by atoms with van der Waals surface area (Å²) < 4.78 is 0. The Hall–Kier alpha value is -1.01. The average Bonchev–Trinajstić information content (AvgIpc) is 2.90. The lowest BCUT2D eigenvalue weighted by atomic mass is 10.3. The van der Waals surface area contributed by atoms with Crippen molar-refractivity contribution in [2.75, 3.05) is 33.2 Å². The first-order valence-electron chi connectivity index (χ1n) is 7.28. The number of thiophene rings is 1. The molecule has 1 aromatic carbocycles. The summed E-state index contributed by atoms with van der Waals surface area (Å²) in [5.41, 5.74) is 1.02. The van der Waals surface area contributed by atoms with Gasteiger partial charge >= 0.3 is 0 Å². The van der Waals surface area contributed by atoms with Gasteiger partial charge < -0.3 is 9.80 Å². The van der Waals surface area contributed by atoms with Crippen molar-refractivity contribution in [1.29, 1.82) is 0 Å². The third-order valence-electron chi connectivity index (χ3n) is 4.00. The number of halogens is 1. The summed E-state index contributed by atoms with van der Waals surface area (Å²) in [6.07, 6.45) is 0. The van der Waals surface area contributed by atoms with E-state index in [1.54, 1.807) is 23.1 Å². The summed E-state index contributed by atoms with van der Waals surface area (Å²) in [7, 11) is 2.18. The number of aliphatic imine (C=N–C) groups is 1. The number of rotatable bonds is 0. The number of nitrogens with zero attached hydrogens (tertiary/aromatic N) is 3. The Morgan fingerprint density at radius 1 is 1.09 bits per heavy atom. The lowest BCUT2D eigenvalue weighted by Gasteiger charge is -2.34. The maximum absolute atomic E-state index is 6.16. The van der Waals surface area contributed by atoms with Crippen LogP contribution in [-0.2, 0) is 0 Å². The van der Waals surface area contributed by atoms with Crippen LogP contribution in [-0.4, -0.2) is 48.9 Å². The SMILES string of the molecule is CN1CCN(C2=Nc3ccc(Cl)cc3Sc3ccsc32)CC1. The molecule has 0 aliphatic carbocycles. The minimum absolute atomic E-state index is 0.765. The van der Waals surface area contributed by atoms with E-state index in [0.717, 1.165) is 47.6 Å². The highest BCUT2D eigenvalue weighted by Gasteiger charge is 2.25. The molecule has 0 atom stereocenters. The zero-order valence-corrected chi connectivity index (χ0v) is 14.6. The molecule has 0 radical (unpaired) electrons. The van der Waals surface area contributed by atoms with E-state index in [9.17, 15) is 0 Å². The van der Waals surface area contributed by atoms with Crippen LogP contribution in [0.2, 0.25) is 5.02 Å². The van der Waals surface area contributed by atoms with Crippen molar-refractivity contribution in [3.63, 3.8) is 0 Å². The van der Waals surface area contributed by atoms with Gasteiger partial charge in [-0.1, -0.05) is 23.4 Å². The first kappa shape index (κ1) is 14.6. The zero-order valence-electron chi connectivity index (χ0n) is 12.3. The maximum Gasteiger partial charge on any atom is 0.147 e. The molecule has 2 aliphatic rings. The van der Waals surface area contributed by atoms with Gasteiger partial charge in [0.1, 0.15) is 5.84 Å². The predicted octanol–water partition coefficient (Wildman–Crippen LogP) is 4.19. The molecule has 0 N–H and O–H groups in total. The van der Waals surface area contributed by atoms with Crippen LogP contribution in [0.5, 0.6) is 0 Å². The second-order valence-corrected chi connectivity index (χ2v) is 7.99. The van der Waals surface area contributed by atoms with Crippen LogP contribution in [0, 0.1) is 0 Å². The summed E-state index contributed by atoms with van der Waals surface area (Å²) in [4.78, 5) is 13.5. The number of hydrogen-bond acceptors (Lipinski definition) is 5. The summed E-state index contributed by atoms with van der Waals surface area (Å²) in [6, 6.07) is 8.15. The quantitative estimate of drug-likeness (QED) is 0.710. The Morgan fingerprint density at radius 2 is 1.91 bits per heavy atom. The van der Waals surface area contributed by atoms with E-state index < -0.39 is 0 Å². The lowest BCUT2D eigenvalue weighted by Crippen LogP contribution is -2.47. The Labute approximate surface area is 143 Å². The first-order valence-corrected chi connectivity index (χ1v) is 9.35. The molecule has 4 rings (SSSR count). The van der Waals surface area contributed by atoms with E-state index in [1.807, 2.05) is 18.2 Å². The number of likely N-dealkylation sites (N-methyl/N-ethyl adjacent to an activating group) is 1. The molecule has 3 nitrogen and oxygen atoms in total. The monoisotopic (exact) mass is 349 g/mol. The topological polar surface area (TPSA) is 18.8 Å². The summed E-state index contributed by atoms with van der Waals surface area (Å²) in [5, 5.41) is 2.92. The Kier molecular flexibility index (Phi) is 3.90. The fourth-order valence-corrected chi connectivity index (χ4v) is 5.08. The molecule has 0 saturated carbocycles. The molecule has 2 aliphatic heterocycles. The standard InChI is InChI=1S/C16H16ClN3S2/c1-19-5-7-20(8-6-19)16-15-13(4-9-21-15)22-14-10-11(17)2-3-12(14)18-16/h2-4,9-10H,5-8H2,1H3. The minimum atomic E-state index is 0.765. The number of fused-ring (bicyclic) bond motifs is 2. The van der Waals surface area contributed by atoms with Gasteiger partial charge in [0.05, 0.1) is 10.6 Å². The minimum Gasteiger partial charge on any atom is -0.353 e. The molecule has 2 aromatic rings. The van der Waals surface area contributed by atoms with Gasteiger partial charge in [0.2, 0.25) is 0 Å². The highest BCUT2D eigenvalue weighted by molar-refractivity contribution is 7.99. The van der Waals surface area contributed by atoms with Gasteiger partial charge in [0, 0.05) is 41.0 Å². The second kappa shape index (κ2) is 5.89. The highest BCUT2D eigenvalue weighted by atomic mass is 35.5. The summed E-state index contributed by atoms with van der Waals surface area (Å²) in [6.45, 7) is 4.22. The molecule has 1 fully saturated rings. The number of benzene rings is 1. The third kappa shape index (κ3) is 2.67. The Morgan fingerprint density at radius 3 is 2.73 bits per heavy atom. The molecule has 0 bridgehead atoms. The molecular weight excluding hydrogens is 334 g/mol. The van der Waals surface area contributed by atoms with E-state index in [0.29, 0.717) is 0 Å². The van der Waals surface area contributed by atoms with Gasteiger partial charge in [-0.15, -0.1) is 11.3 Å². The van der Waals surface area contributed by atoms with E-state index in [4.69, 9.17) is 16.6 Å². The molecule has 1 aromatic heterocycles. The van der Waals surface area contributed by atoms with Crippen molar-refractivity contribution in [1.82, 2.24) is 9.80 Å². The van der Waals surface area contributed by atoms with Crippen molar-refractivity contribution in [2.45, 2.75) is 9.79 Å². The first-order chi connectivity index (χ1) is 10.7. The van der Waals surface area contributed by atoms with Gasteiger partial charge in [-0.05, 0) is 36.7 Å². The van der Waals surface area contributed by atoms with Crippen molar-refractivity contribution in [2.24, 2.45) is 4.99 Å². The molecule has 114 valence electrons. The van der Waals surface area contributed by atoms with Crippen molar-refractivity contribution in [3.05, 3.63) is 39.5 Å². The second-order valence-electron chi connectivity index (χ2n) is 5.55. The van der Waals surface area contributed by atoms with Crippen molar-refractivity contribution < 1.29 is 0 Å². The van der Waals surface area contributed by atoms with Crippen LogP contribution >= 0.6 is 34.7 Å². The molecule has 0 spiro atoms. The van der Waals surface area contributed by atoms with E-state index in [1.165, 1.54) is 9.77 Å². The van der Waals surface area contributed by atoms with E-state index in [2.05, 4.69) is 28.3 Å². The molecule has 1 saturated heterocycles. The van der Waals surface area contributed by atoms with E-state index >= 15 is 0 Å². The highest BCUT2D eigenvalue weighted by Crippen LogP contribution is 2.43. The van der Waals surface area contributed by atoms with E-state index in [-0.39, 0.29) is 0 Å². The zero-order chi connectivity index (χ0) is 15.1. The van der Waals surface area contributed by atoms with Gasteiger partial charge in [-0.3, -0.25) is 0 Å². The molecule has 0 unspecified atom stereocenters. The summed E-state index contributed by atoms with van der Waals surface area (Å²) >= 11 is 9.70. The number of amidine groups is 1. The average molecular weight is 350 g/mol. The van der Waals surface area contributed by atoms with Crippen LogP contribution in [0.15, 0.2) is 44.4 Å². The Bertz CT molecular complexity index is 733. The lowest BCUT2D eigenvalue weighted by molar-refractivity contribution is 0.216.